The highest BCUT2D eigenvalue weighted by Crippen LogP contribution is 2.35. The van der Waals surface area contributed by atoms with Crippen LogP contribution in [0.5, 0.6) is 17.2 Å². The second-order valence-electron chi connectivity index (χ2n) is 9.75. The lowest BCUT2D eigenvalue weighted by Crippen LogP contribution is -2.50. The van der Waals surface area contributed by atoms with Crippen LogP contribution in [0.25, 0.3) is 0 Å². The van der Waals surface area contributed by atoms with Crippen molar-refractivity contribution in [2.75, 3.05) is 91.6 Å². The van der Waals surface area contributed by atoms with E-state index in [9.17, 15) is 54.6 Å². The van der Waals surface area contributed by atoms with E-state index in [1.165, 1.54) is 0 Å². The number of amides is 2. The monoisotopic (exact) mass is 598 g/mol. The molecule has 17 heteroatoms. The molecule has 0 aliphatic carbocycles. The number of benzene rings is 1. The van der Waals surface area contributed by atoms with E-state index in [1.807, 2.05) is 0 Å². The second kappa shape index (κ2) is 16.9. The zero-order valence-electron chi connectivity index (χ0n) is 23.1. The number of rotatable bonds is 12. The Morgan fingerprint density at radius 3 is 1.26 bits per heavy atom. The molecule has 234 valence electrons. The molecule has 1 aliphatic rings. The Kier molecular flexibility index (Phi) is 13.7. The molecule has 2 rings (SSSR count). The van der Waals surface area contributed by atoms with Gasteiger partial charge < -0.3 is 41.3 Å². The summed E-state index contributed by atoms with van der Waals surface area (Å²) in [6, 6.07) is 1.95. The molecule has 42 heavy (non-hydrogen) atoms. The van der Waals surface area contributed by atoms with Gasteiger partial charge in [0.2, 0.25) is 5.91 Å². The minimum Gasteiger partial charge on any atom is -0.504 e. The van der Waals surface area contributed by atoms with Crippen LogP contribution in [-0.4, -0.2) is 172 Å². The van der Waals surface area contributed by atoms with Gasteiger partial charge in [-0.15, -0.1) is 0 Å². The first-order valence-electron chi connectivity index (χ1n) is 13.2. The van der Waals surface area contributed by atoms with Gasteiger partial charge in [-0.1, -0.05) is 0 Å². The van der Waals surface area contributed by atoms with E-state index >= 15 is 0 Å². The van der Waals surface area contributed by atoms with E-state index in [0.29, 0.717) is 0 Å². The fourth-order valence-electron chi connectivity index (χ4n) is 4.26. The summed E-state index contributed by atoms with van der Waals surface area (Å²) in [5.74, 6) is -6.28. The first-order valence-corrected chi connectivity index (χ1v) is 13.2. The highest BCUT2D eigenvalue weighted by atomic mass is 16.4. The van der Waals surface area contributed by atoms with Crippen LogP contribution in [0.2, 0.25) is 0 Å². The van der Waals surface area contributed by atoms with Crippen molar-refractivity contribution in [1.29, 1.82) is 0 Å². The van der Waals surface area contributed by atoms with Crippen molar-refractivity contribution in [2.24, 2.45) is 0 Å². The molecule has 8 N–H and O–H groups in total. The maximum absolute atomic E-state index is 12.7. The first-order chi connectivity index (χ1) is 19.8. The molecule has 1 saturated heterocycles. The minimum atomic E-state index is -1.05. The van der Waals surface area contributed by atoms with E-state index in [0.717, 1.165) is 12.1 Å². The van der Waals surface area contributed by atoms with Crippen LogP contribution in [0.4, 0.5) is 0 Å². The second-order valence-corrected chi connectivity index (χ2v) is 9.75. The number of hydrogen-bond donors (Lipinski definition) is 8. The Balaban J connectivity index is 1.97. The van der Waals surface area contributed by atoms with Crippen LogP contribution in [0.1, 0.15) is 10.4 Å². The predicted molar refractivity (Wildman–Crippen MR) is 145 cm³/mol. The molecule has 0 saturated carbocycles. The quantitative estimate of drug-likeness (QED) is 0.0890. The third-order valence-corrected chi connectivity index (χ3v) is 6.44. The number of aliphatic carboxylic acids is 3. The van der Waals surface area contributed by atoms with Crippen LogP contribution in [0, 0.1) is 0 Å². The van der Waals surface area contributed by atoms with E-state index < -0.39 is 47.0 Å². The van der Waals surface area contributed by atoms with Gasteiger partial charge in [-0.25, -0.2) is 0 Å². The van der Waals surface area contributed by atoms with Gasteiger partial charge in [-0.3, -0.25) is 43.6 Å². The van der Waals surface area contributed by atoms with Crippen molar-refractivity contribution >= 4 is 29.7 Å². The minimum absolute atomic E-state index is 0.0125. The van der Waals surface area contributed by atoms with Gasteiger partial charge in [0.15, 0.2) is 17.2 Å². The van der Waals surface area contributed by atoms with Crippen molar-refractivity contribution < 1.29 is 54.6 Å². The highest BCUT2D eigenvalue weighted by Gasteiger charge is 2.21. The Morgan fingerprint density at radius 1 is 0.571 bits per heavy atom. The Hall–Kier alpha value is -4.19. The lowest BCUT2D eigenvalue weighted by molar-refractivity contribution is -0.140. The molecule has 0 spiro atoms. The van der Waals surface area contributed by atoms with Gasteiger partial charge in [0.05, 0.1) is 26.2 Å². The third-order valence-electron chi connectivity index (χ3n) is 6.44. The topological polar surface area (TPSA) is 244 Å². The number of carbonyl (C=O) groups is 5. The van der Waals surface area contributed by atoms with Crippen molar-refractivity contribution in [3.05, 3.63) is 17.7 Å². The summed E-state index contributed by atoms with van der Waals surface area (Å²) in [6.07, 6.45) is 0. The molecule has 0 aromatic heterocycles. The van der Waals surface area contributed by atoms with Crippen LogP contribution in [0.3, 0.4) is 0 Å². The molecule has 2 amide bonds. The Morgan fingerprint density at radius 2 is 0.905 bits per heavy atom. The fraction of sp³-hybridized carbons (Fsp3) is 0.560. The normalized spacial score (nSPS) is 16.6. The summed E-state index contributed by atoms with van der Waals surface area (Å²) in [6.45, 7) is 1.29. The van der Waals surface area contributed by atoms with Crippen LogP contribution in [0.15, 0.2) is 12.1 Å². The molecule has 1 fully saturated rings. The molecule has 1 aliphatic heterocycles. The summed E-state index contributed by atoms with van der Waals surface area (Å²) in [4.78, 5) is 65.6. The number of hydrogen-bond acceptors (Lipinski definition) is 12. The first kappa shape index (κ1) is 34.0. The molecular weight excluding hydrogens is 560 g/mol. The van der Waals surface area contributed by atoms with E-state index in [2.05, 4.69) is 10.6 Å². The van der Waals surface area contributed by atoms with Gasteiger partial charge in [0.25, 0.3) is 5.91 Å². The van der Waals surface area contributed by atoms with Crippen molar-refractivity contribution in [1.82, 2.24) is 30.2 Å². The smallest absolute Gasteiger partial charge is 0.317 e. The molecule has 17 nitrogen and oxygen atoms in total. The molecule has 0 radical (unpaired) electrons. The lowest BCUT2D eigenvalue weighted by atomic mass is 10.1. The third kappa shape index (κ3) is 12.5. The van der Waals surface area contributed by atoms with Gasteiger partial charge in [0.1, 0.15) is 0 Å². The standard InChI is InChI=1S/C25H38N6O11/c32-18-11-17(12-19(33)24(18)41)25(42)27-2-1-26-20(34)13-28-3-5-29(14-21(35)36)7-9-31(16-23(39)40)10-8-30(6-4-28)15-22(37)38/h11-12,32-33,41H,1-10,13-16H2,(H,26,34)(H,27,42)(H,35,36)(H,37,38)(H,39,40). The van der Waals surface area contributed by atoms with Gasteiger partial charge in [-0.05, 0) is 12.1 Å². The van der Waals surface area contributed by atoms with Gasteiger partial charge in [-0.2, -0.15) is 0 Å². The summed E-state index contributed by atoms with van der Waals surface area (Å²) in [5, 5.41) is 61.5. The molecule has 1 heterocycles. The zero-order valence-corrected chi connectivity index (χ0v) is 23.1. The van der Waals surface area contributed by atoms with Crippen LogP contribution < -0.4 is 10.6 Å². The number of carboxylic acids is 3. The SMILES string of the molecule is O=C(O)CN1CCN(CC(=O)O)CCN(CC(=O)NCCNC(=O)c2cc(O)c(O)c(O)c2)CCN(CC(=O)O)CC1. The average molecular weight is 599 g/mol. The van der Waals surface area contributed by atoms with Crippen molar-refractivity contribution in [3.8, 4) is 17.2 Å². The molecule has 1 aromatic rings. The number of phenolic OH excluding ortho intramolecular Hbond substituents is 3. The largest absolute Gasteiger partial charge is 0.504 e. The average Bonchev–Trinajstić information content (AvgIpc) is 2.89. The summed E-state index contributed by atoms with van der Waals surface area (Å²) in [7, 11) is 0. The number of carbonyl (C=O) groups excluding carboxylic acids is 2. The Labute approximate surface area is 241 Å². The van der Waals surface area contributed by atoms with E-state index in [1.54, 1.807) is 19.6 Å². The number of phenols is 3. The number of aromatic hydroxyl groups is 3. The molecule has 0 atom stereocenters. The highest BCUT2D eigenvalue weighted by molar-refractivity contribution is 5.95. The molecular formula is C25H38N6O11. The molecule has 1 aromatic carbocycles. The Bertz CT molecular complexity index is 1060. The molecule has 0 bridgehead atoms. The van der Waals surface area contributed by atoms with E-state index in [4.69, 9.17) is 0 Å². The number of nitrogens with zero attached hydrogens (tertiary/aromatic N) is 4. The van der Waals surface area contributed by atoms with Gasteiger partial charge >= 0.3 is 17.9 Å². The lowest BCUT2D eigenvalue weighted by Gasteiger charge is -2.32. The maximum atomic E-state index is 12.7. The predicted octanol–water partition coefficient (Wildman–Crippen LogP) is -2.88. The van der Waals surface area contributed by atoms with Crippen LogP contribution >= 0.6 is 0 Å². The summed E-state index contributed by atoms with van der Waals surface area (Å²) >= 11 is 0. The van der Waals surface area contributed by atoms with Crippen LogP contribution in [-0.2, 0) is 19.2 Å². The molecule has 0 unspecified atom stereocenters. The van der Waals surface area contributed by atoms with Crippen molar-refractivity contribution in [3.63, 3.8) is 0 Å². The maximum Gasteiger partial charge on any atom is 0.317 e. The van der Waals surface area contributed by atoms with E-state index in [-0.39, 0.29) is 97.2 Å². The number of carboxylic acid groups (broad SMARTS) is 3. The zero-order chi connectivity index (χ0) is 31.2. The van der Waals surface area contributed by atoms with Gasteiger partial charge in [0, 0.05) is 71.0 Å². The fourth-order valence-corrected chi connectivity index (χ4v) is 4.26. The van der Waals surface area contributed by atoms with Crippen molar-refractivity contribution in [2.45, 2.75) is 0 Å². The number of nitrogens with one attached hydrogen (secondary N) is 2. The summed E-state index contributed by atoms with van der Waals surface area (Å²) < 4.78 is 0. The summed E-state index contributed by atoms with van der Waals surface area (Å²) in [5.41, 5.74) is -0.101.